The molecule has 0 saturated heterocycles. The molecule has 0 aliphatic carbocycles. The van der Waals surface area contributed by atoms with E-state index in [1.54, 1.807) is 12.1 Å². The van der Waals surface area contributed by atoms with Crippen molar-refractivity contribution in [2.45, 2.75) is 6.10 Å². The summed E-state index contributed by atoms with van der Waals surface area (Å²) in [6.45, 7) is 0. The first kappa shape index (κ1) is 14.3. The van der Waals surface area contributed by atoms with E-state index in [0.717, 1.165) is 17.2 Å². The monoisotopic (exact) mass is 288 g/mol. The molecule has 0 aromatic heterocycles. The smallest absolute Gasteiger partial charge is 0.328 e. The predicted molar refractivity (Wildman–Crippen MR) is 78.6 cm³/mol. The van der Waals surface area contributed by atoms with E-state index in [4.69, 9.17) is 16.7 Å². The van der Waals surface area contributed by atoms with Gasteiger partial charge in [-0.25, -0.2) is 4.79 Å². The minimum atomic E-state index is -1.08. The van der Waals surface area contributed by atoms with E-state index in [1.165, 1.54) is 6.08 Å². The van der Waals surface area contributed by atoms with Crippen molar-refractivity contribution in [1.82, 2.24) is 0 Å². The number of benzene rings is 2. The third kappa shape index (κ3) is 3.70. The summed E-state index contributed by atoms with van der Waals surface area (Å²) >= 11 is 5.84. The Morgan fingerprint density at radius 1 is 1.00 bits per heavy atom. The Morgan fingerprint density at radius 2 is 1.50 bits per heavy atom. The molecular weight excluding hydrogens is 276 g/mol. The molecule has 2 aromatic carbocycles. The quantitative estimate of drug-likeness (QED) is 0.844. The highest BCUT2D eigenvalue weighted by Crippen LogP contribution is 2.23. The maximum absolute atomic E-state index is 10.4. The van der Waals surface area contributed by atoms with Gasteiger partial charge in [0.25, 0.3) is 0 Å². The van der Waals surface area contributed by atoms with Crippen molar-refractivity contribution in [3.05, 3.63) is 71.3 Å². The summed E-state index contributed by atoms with van der Waals surface area (Å²) in [6.07, 6.45) is 1.24. The molecule has 0 spiro atoms. The van der Waals surface area contributed by atoms with Crippen molar-refractivity contribution in [1.29, 1.82) is 0 Å². The van der Waals surface area contributed by atoms with Crippen LogP contribution in [-0.2, 0) is 4.79 Å². The van der Waals surface area contributed by atoms with E-state index in [2.05, 4.69) is 0 Å². The van der Waals surface area contributed by atoms with Crippen LogP contribution in [0.2, 0.25) is 5.02 Å². The zero-order valence-corrected chi connectivity index (χ0v) is 11.3. The number of aliphatic hydroxyl groups is 1. The Hall–Kier alpha value is -2.10. The van der Waals surface area contributed by atoms with Crippen LogP contribution in [0.15, 0.2) is 60.7 Å². The number of hydrogen-bond donors (Lipinski definition) is 2. The zero-order valence-electron chi connectivity index (χ0n) is 10.5. The highest BCUT2D eigenvalue weighted by Gasteiger charge is 2.05. The lowest BCUT2D eigenvalue weighted by Crippen LogP contribution is -1.95. The largest absolute Gasteiger partial charge is 0.478 e. The second-order valence-electron chi connectivity index (χ2n) is 4.27. The van der Waals surface area contributed by atoms with Crippen LogP contribution in [0.4, 0.5) is 0 Å². The van der Waals surface area contributed by atoms with Crippen LogP contribution in [0, 0.1) is 0 Å². The standard InChI is InChI=1S/C16H13ClO3/c17-14-7-5-12(6-8-14)11-1-3-13(4-2-11)15(18)9-10-16(19)20/h1-10,15,18H,(H,19,20)/b10-9+. The molecular formula is C16H13ClO3. The molecule has 0 aliphatic rings. The van der Waals surface area contributed by atoms with Gasteiger partial charge in [0.05, 0.1) is 6.10 Å². The van der Waals surface area contributed by atoms with Gasteiger partial charge in [-0.1, -0.05) is 48.0 Å². The Morgan fingerprint density at radius 3 is 2.00 bits per heavy atom. The molecule has 0 amide bonds. The fraction of sp³-hybridized carbons (Fsp3) is 0.0625. The lowest BCUT2D eigenvalue weighted by Gasteiger charge is -2.07. The first-order valence-corrected chi connectivity index (χ1v) is 6.39. The van der Waals surface area contributed by atoms with Crippen molar-refractivity contribution in [3.8, 4) is 11.1 Å². The van der Waals surface area contributed by atoms with Crippen molar-refractivity contribution >= 4 is 17.6 Å². The minimum Gasteiger partial charge on any atom is -0.478 e. The molecule has 1 atom stereocenters. The summed E-state index contributed by atoms with van der Waals surface area (Å²) in [5.41, 5.74) is 2.66. The van der Waals surface area contributed by atoms with E-state index >= 15 is 0 Å². The molecule has 0 fully saturated rings. The molecule has 2 aromatic rings. The molecule has 4 heteroatoms. The van der Waals surface area contributed by atoms with Gasteiger partial charge in [0.2, 0.25) is 0 Å². The first-order valence-electron chi connectivity index (χ1n) is 6.01. The second-order valence-corrected chi connectivity index (χ2v) is 4.71. The van der Waals surface area contributed by atoms with Crippen molar-refractivity contribution in [2.24, 2.45) is 0 Å². The van der Waals surface area contributed by atoms with Gasteiger partial charge in [-0.15, -0.1) is 0 Å². The predicted octanol–water partition coefficient (Wildman–Crippen LogP) is 3.68. The van der Waals surface area contributed by atoms with E-state index in [-0.39, 0.29) is 0 Å². The summed E-state index contributed by atoms with van der Waals surface area (Å²) in [5.74, 6) is -1.08. The molecule has 102 valence electrons. The van der Waals surface area contributed by atoms with Gasteiger partial charge in [-0.3, -0.25) is 0 Å². The maximum Gasteiger partial charge on any atom is 0.328 e. The number of hydrogen-bond acceptors (Lipinski definition) is 2. The molecule has 2 rings (SSSR count). The zero-order chi connectivity index (χ0) is 14.5. The van der Waals surface area contributed by atoms with E-state index in [0.29, 0.717) is 10.6 Å². The van der Waals surface area contributed by atoms with Gasteiger partial charge < -0.3 is 10.2 Å². The number of rotatable bonds is 4. The summed E-state index contributed by atoms with van der Waals surface area (Å²) < 4.78 is 0. The molecule has 0 aliphatic heterocycles. The highest BCUT2D eigenvalue weighted by molar-refractivity contribution is 6.30. The topological polar surface area (TPSA) is 57.5 Å². The number of carboxylic acids is 1. The van der Waals surface area contributed by atoms with Gasteiger partial charge in [0, 0.05) is 11.1 Å². The Balaban J connectivity index is 2.17. The minimum absolute atomic E-state index is 0.639. The van der Waals surface area contributed by atoms with Gasteiger partial charge in [-0.05, 0) is 34.9 Å². The van der Waals surface area contributed by atoms with Gasteiger partial charge in [0.1, 0.15) is 0 Å². The van der Waals surface area contributed by atoms with Crippen LogP contribution in [0.3, 0.4) is 0 Å². The van der Waals surface area contributed by atoms with E-state index < -0.39 is 12.1 Å². The van der Waals surface area contributed by atoms with Gasteiger partial charge in [0.15, 0.2) is 0 Å². The number of carboxylic acid groups (broad SMARTS) is 1. The highest BCUT2D eigenvalue weighted by atomic mass is 35.5. The maximum atomic E-state index is 10.4. The summed E-state index contributed by atoms with van der Waals surface area (Å²) in [4.78, 5) is 10.4. The van der Waals surface area contributed by atoms with Crippen molar-refractivity contribution < 1.29 is 15.0 Å². The number of halogens is 1. The average molecular weight is 289 g/mol. The summed E-state index contributed by atoms with van der Waals surface area (Å²) in [7, 11) is 0. The van der Waals surface area contributed by atoms with E-state index in [9.17, 15) is 9.90 Å². The Kier molecular flexibility index (Phi) is 4.56. The third-order valence-corrected chi connectivity index (χ3v) is 3.10. The lowest BCUT2D eigenvalue weighted by molar-refractivity contribution is -0.131. The van der Waals surface area contributed by atoms with Crippen LogP contribution < -0.4 is 0 Å². The number of aliphatic hydroxyl groups excluding tert-OH is 1. The summed E-state index contributed by atoms with van der Waals surface area (Å²) in [6, 6.07) is 14.7. The number of carbonyl (C=O) groups is 1. The fourth-order valence-electron chi connectivity index (χ4n) is 1.80. The first-order chi connectivity index (χ1) is 9.56. The van der Waals surface area contributed by atoms with Gasteiger partial charge >= 0.3 is 5.97 Å². The third-order valence-electron chi connectivity index (χ3n) is 2.85. The van der Waals surface area contributed by atoms with Crippen LogP contribution >= 0.6 is 11.6 Å². The van der Waals surface area contributed by atoms with Crippen molar-refractivity contribution in [3.63, 3.8) is 0 Å². The van der Waals surface area contributed by atoms with Crippen LogP contribution in [0.25, 0.3) is 11.1 Å². The molecule has 20 heavy (non-hydrogen) atoms. The second kappa shape index (κ2) is 6.37. The average Bonchev–Trinajstić information content (AvgIpc) is 2.46. The Bertz CT molecular complexity index is 615. The number of aliphatic carboxylic acids is 1. The molecule has 0 radical (unpaired) electrons. The molecule has 0 saturated carbocycles. The van der Waals surface area contributed by atoms with Crippen LogP contribution in [0.1, 0.15) is 11.7 Å². The van der Waals surface area contributed by atoms with Crippen LogP contribution in [0.5, 0.6) is 0 Å². The van der Waals surface area contributed by atoms with Crippen LogP contribution in [-0.4, -0.2) is 16.2 Å². The molecule has 3 nitrogen and oxygen atoms in total. The van der Waals surface area contributed by atoms with Crippen molar-refractivity contribution in [2.75, 3.05) is 0 Å². The lowest BCUT2D eigenvalue weighted by atomic mass is 10.0. The summed E-state index contributed by atoms with van der Waals surface area (Å²) in [5, 5.41) is 19.0. The molecule has 1 unspecified atom stereocenters. The normalized spacial score (nSPS) is 12.5. The fourth-order valence-corrected chi connectivity index (χ4v) is 1.93. The Labute approximate surface area is 121 Å². The van der Waals surface area contributed by atoms with Gasteiger partial charge in [-0.2, -0.15) is 0 Å². The molecule has 0 heterocycles. The molecule has 0 bridgehead atoms. The SMILES string of the molecule is O=C(O)/C=C/C(O)c1ccc(-c2ccc(Cl)cc2)cc1. The van der Waals surface area contributed by atoms with E-state index in [1.807, 2.05) is 36.4 Å². The molecule has 2 N–H and O–H groups in total.